The molecule has 1 aromatic rings. The van der Waals surface area contributed by atoms with Crippen LogP contribution in [0, 0.1) is 5.92 Å². The number of ether oxygens (including phenoxy) is 1. The third kappa shape index (κ3) is 4.07. The predicted molar refractivity (Wildman–Crippen MR) is 93.9 cm³/mol. The Bertz CT molecular complexity index is 682. The SMILES string of the molecule is CCOC(=O)CN1C(=O)[C@@H](C(C)C)N(C(C)=O)C=C1c1ccccc1. The van der Waals surface area contributed by atoms with E-state index in [1.807, 2.05) is 44.2 Å². The quantitative estimate of drug-likeness (QED) is 0.769. The molecule has 0 N–H and O–H groups in total. The summed E-state index contributed by atoms with van der Waals surface area (Å²) in [4.78, 5) is 40.0. The van der Waals surface area contributed by atoms with Gasteiger partial charge in [-0.2, -0.15) is 0 Å². The van der Waals surface area contributed by atoms with Gasteiger partial charge in [-0.15, -0.1) is 0 Å². The van der Waals surface area contributed by atoms with E-state index in [2.05, 4.69) is 0 Å². The standard InChI is InChI=1S/C19H24N2O4/c1-5-25-17(23)12-21-16(15-9-7-6-8-10-15)11-20(14(4)22)18(13(2)3)19(21)24/h6-11,13,18H,5,12H2,1-4H3/t18-/m1/s1. The van der Waals surface area contributed by atoms with Crippen molar-refractivity contribution in [3.05, 3.63) is 42.1 Å². The van der Waals surface area contributed by atoms with Crippen LogP contribution in [-0.2, 0) is 19.1 Å². The van der Waals surface area contributed by atoms with Crippen molar-refractivity contribution in [2.24, 2.45) is 5.92 Å². The molecule has 0 saturated heterocycles. The number of carbonyl (C=O) groups is 3. The Kier molecular flexibility index (Phi) is 5.96. The van der Waals surface area contributed by atoms with Crippen LogP contribution in [0.5, 0.6) is 0 Å². The second-order valence-corrected chi connectivity index (χ2v) is 6.22. The molecule has 134 valence electrons. The number of carbonyl (C=O) groups excluding carboxylic acids is 3. The Balaban J connectivity index is 2.51. The van der Waals surface area contributed by atoms with E-state index in [1.54, 1.807) is 13.1 Å². The summed E-state index contributed by atoms with van der Waals surface area (Å²) in [5.74, 6) is -1.05. The number of hydrogen-bond acceptors (Lipinski definition) is 4. The van der Waals surface area contributed by atoms with Gasteiger partial charge in [-0.3, -0.25) is 19.3 Å². The lowest BCUT2D eigenvalue weighted by Crippen LogP contribution is -2.55. The third-order valence-electron chi connectivity index (χ3n) is 4.03. The molecule has 1 aliphatic heterocycles. The van der Waals surface area contributed by atoms with Crippen LogP contribution in [0.15, 0.2) is 36.5 Å². The molecule has 0 aliphatic carbocycles. The molecular weight excluding hydrogens is 320 g/mol. The minimum Gasteiger partial charge on any atom is -0.465 e. The molecular formula is C19H24N2O4. The summed E-state index contributed by atoms with van der Waals surface area (Å²) in [5.41, 5.74) is 1.28. The largest absolute Gasteiger partial charge is 0.465 e. The molecule has 0 fully saturated rings. The van der Waals surface area contributed by atoms with Crippen LogP contribution < -0.4 is 0 Å². The smallest absolute Gasteiger partial charge is 0.326 e. The van der Waals surface area contributed by atoms with Gasteiger partial charge in [0.25, 0.3) is 5.91 Å². The second-order valence-electron chi connectivity index (χ2n) is 6.22. The van der Waals surface area contributed by atoms with Gasteiger partial charge in [0, 0.05) is 13.1 Å². The summed E-state index contributed by atoms with van der Waals surface area (Å²) in [6, 6.07) is 8.59. The number of benzene rings is 1. The molecule has 0 bridgehead atoms. The molecule has 0 aromatic heterocycles. The Morgan fingerprint density at radius 3 is 2.36 bits per heavy atom. The summed E-state index contributed by atoms with van der Waals surface area (Å²) < 4.78 is 5.01. The molecule has 25 heavy (non-hydrogen) atoms. The summed E-state index contributed by atoms with van der Waals surface area (Å²) in [5, 5.41) is 0. The topological polar surface area (TPSA) is 66.9 Å². The van der Waals surface area contributed by atoms with Crippen molar-refractivity contribution in [1.29, 1.82) is 0 Å². The van der Waals surface area contributed by atoms with Gasteiger partial charge in [0.05, 0.1) is 12.3 Å². The van der Waals surface area contributed by atoms with E-state index in [9.17, 15) is 14.4 Å². The Labute approximate surface area is 148 Å². The maximum absolute atomic E-state index is 13.1. The lowest BCUT2D eigenvalue weighted by Gasteiger charge is -2.40. The van der Waals surface area contributed by atoms with Crippen LogP contribution in [0.1, 0.15) is 33.3 Å². The lowest BCUT2D eigenvalue weighted by molar-refractivity contribution is -0.150. The molecule has 6 heteroatoms. The average Bonchev–Trinajstić information content (AvgIpc) is 2.56. The van der Waals surface area contributed by atoms with Gasteiger partial charge in [0.2, 0.25) is 5.91 Å². The maximum Gasteiger partial charge on any atom is 0.326 e. The fraction of sp³-hybridized carbons (Fsp3) is 0.421. The van der Waals surface area contributed by atoms with Gasteiger partial charge in [-0.05, 0) is 18.4 Å². The number of nitrogens with zero attached hydrogens (tertiary/aromatic N) is 2. The van der Waals surface area contributed by atoms with Crippen molar-refractivity contribution in [1.82, 2.24) is 9.80 Å². The maximum atomic E-state index is 13.1. The Morgan fingerprint density at radius 2 is 1.84 bits per heavy atom. The van der Waals surface area contributed by atoms with Crippen molar-refractivity contribution < 1.29 is 19.1 Å². The molecule has 6 nitrogen and oxygen atoms in total. The van der Waals surface area contributed by atoms with Crippen LogP contribution in [0.3, 0.4) is 0 Å². The molecule has 2 amide bonds. The molecule has 1 atom stereocenters. The predicted octanol–water partition coefficient (Wildman–Crippen LogP) is 2.26. The zero-order chi connectivity index (χ0) is 18.6. The third-order valence-corrected chi connectivity index (χ3v) is 4.03. The molecule has 0 radical (unpaired) electrons. The number of amides is 2. The molecule has 2 rings (SSSR count). The van der Waals surface area contributed by atoms with Gasteiger partial charge in [0.15, 0.2) is 0 Å². The van der Waals surface area contributed by atoms with E-state index in [4.69, 9.17) is 4.74 Å². The van der Waals surface area contributed by atoms with Gasteiger partial charge < -0.3 is 9.64 Å². The van der Waals surface area contributed by atoms with Gasteiger partial charge in [0.1, 0.15) is 12.6 Å². The van der Waals surface area contributed by atoms with Crippen molar-refractivity contribution in [3.8, 4) is 0 Å². The van der Waals surface area contributed by atoms with E-state index in [0.717, 1.165) is 5.56 Å². The zero-order valence-corrected chi connectivity index (χ0v) is 15.1. The minimum absolute atomic E-state index is 0.0883. The van der Waals surface area contributed by atoms with E-state index in [0.29, 0.717) is 5.70 Å². The van der Waals surface area contributed by atoms with E-state index in [-0.39, 0.29) is 30.9 Å². The number of hydrogen-bond donors (Lipinski definition) is 0. The van der Waals surface area contributed by atoms with E-state index >= 15 is 0 Å². The van der Waals surface area contributed by atoms with Gasteiger partial charge in [-0.1, -0.05) is 44.2 Å². The van der Waals surface area contributed by atoms with E-state index in [1.165, 1.54) is 16.7 Å². The molecule has 1 aromatic carbocycles. The van der Waals surface area contributed by atoms with Gasteiger partial charge >= 0.3 is 5.97 Å². The van der Waals surface area contributed by atoms with Crippen LogP contribution in [0.25, 0.3) is 5.70 Å². The second kappa shape index (κ2) is 7.96. The summed E-state index contributed by atoms with van der Waals surface area (Å²) in [6.45, 7) is 6.98. The molecule has 0 spiro atoms. The summed E-state index contributed by atoms with van der Waals surface area (Å²) >= 11 is 0. The van der Waals surface area contributed by atoms with Crippen molar-refractivity contribution >= 4 is 23.5 Å². The van der Waals surface area contributed by atoms with Crippen molar-refractivity contribution in [3.63, 3.8) is 0 Å². The summed E-state index contributed by atoms with van der Waals surface area (Å²) in [7, 11) is 0. The fourth-order valence-electron chi connectivity index (χ4n) is 2.91. The van der Waals surface area contributed by atoms with Crippen LogP contribution in [-0.4, -0.2) is 46.8 Å². The first-order valence-electron chi connectivity index (χ1n) is 8.40. The van der Waals surface area contributed by atoms with Crippen molar-refractivity contribution in [2.75, 3.05) is 13.2 Å². The first-order valence-corrected chi connectivity index (χ1v) is 8.40. The highest BCUT2D eigenvalue weighted by atomic mass is 16.5. The Hall–Kier alpha value is -2.63. The van der Waals surface area contributed by atoms with Crippen LogP contribution in [0.4, 0.5) is 0 Å². The molecule has 0 unspecified atom stereocenters. The normalized spacial score (nSPS) is 17.6. The highest BCUT2D eigenvalue weighted by Gasteiger charge is 2.40. The van der Waals surface area contributed by atoms with Crippen LogP contribution in [0.2, 0.25) is 0 Å². The molecule has 1 heterocycles. The fourth-order valence-corrected chi connectivity index (χ4v) is 2.91. The van der Waals surface area contributed by atoms with Crippen molar-refractivity contribution in [2.45, 2.75) is 33.7 Å². The minimum atomic E-state index is -0.639. The van der Waals surface area contributed by atoms with E-state index < -0.39 is 12.0 Å². The number of esters is 1. The summed E-state index contributed by atoms with van der Waals surface area (Å²) in [6.07, 6.45) is 1.66. The molecule has 0 saturated carbocycles. The van der Waals surface area contributed by atoms with Crippen LogP contribution >= 0.6 is 0 Å². The zero-order valence-electron chi connectivity index (χ0n) is 15.1. The Morgan fingerprint density at radius 1 is 1.20 bits per heavy atom. The van der Waals surface area contributed by atoms with Gasteiger partial charge in [-0.25, -0.2) is 0 Å². The monoisotopic (exact) mass is 344 g/mol. The lowest BCUT2D eigenvalue weighted by atomic mass is 9.97. The highest BCUT2D eigenvalue weighted by molar-refractivity contribution is 5.98. The number of rotatable bonds is 5. The molecule has 1 aliphatic rings. The first kappa shape index (κ1) is 18.7. The average molecular weight is 344 g/mol. The first-order chi connectivity index (χ1) is 11.9. The highest BCUT2D eigenvalue weighted by Crippen LogP contribution is 2.29.